The molecule has 0 fully saturated rings. The topological polar surface area (TPSA) is 59.1 Å². The lowest BCUT2D eigenvalue weighted by atomic mass is 9.89. The normalized spacial score (nSPS) is 17.1. The molecule has 0 aromatic heterocycles. The van der Waals surface area contributed by atoms with Crippen molar-refractivity contribution in [1.29, 1.82) is 5.41 Å². The summed E-state index contributed by atoms with van der Waals surface area (Å²) >= 11 is 3.44. The van der Waals surface area contributed by atoms with E-state index >= 15 is 0 Å². The Morgan fingerprint density at radius 3 is 2.81 bits per heavy atom. The second-order valence-electron chi connectivity index (χ2n) is 5.25. The highest BCUT2D eigenvalue weighted by atomic mass is 79.9. The van der Waals surface area contributed by atoms with Crippen molar-refractivity contribution in [2.24, 2.45) is 5.73 Å². The van der Waals surface area contributed by atoms with E-state index in [4.69, 9.17) is 15.9 Å². The van der Waals surface area contributed by atoms with Crippen molar-refractivity contribution < 1.29 is 4.74 Å². The number of nitrogen functional groups attached to an aromatic ring is 1. The van der Waals surface area contributed by atoms with Crippen LogP contribution in [-0.2, 0) is 6.42 Å². The third-order valence-electron chi connectivity index (χ3n) is 3.82. The first-order valence-electron chi connectivity index (χ1n) is 7.03. The van der Waals surface area contributed by atoms with Gasteiger partial charge in [-0.25, -0.2) is 0 Å². The molecule has 0 saturated carbocycles. The molecule has 3 N–H and O–H groups in total. The van der Waals surface area contributed by atoms with E-state index in [-0.39, 0.29) is 11.9 Å². The van der Waals surface area contributed by atoms with Crippen LogP contribution < -0.4 is 10.5 Å². The SMILES string of the molecule is N=C(N)c1ccc(OC2CCCc3ccccc32)cc1Br. The Morgan fingerprint density at radius 1 is 1.24 bits per heavy atom. The number of ether oxygens (including phenoxy) is 1. The molecule has 1 aliphatic carbocycles. The van der Waals surface area contributed by atoms with Gasteiger partial charge in [0.05, 0.1) is 0 Å². The van der Waals surface area contributed by atoms with Gasteiger partial charge in [-0.2, -0.15) is 0 Å². The molecule has 0 bridgehead atoms. The van der Waals surface area contributed by atoms with Gasteiger partial charge in [0.25, 0.3) is 0 Å². The van der Waals surface area contributed by atoms with Crippen LogP contribution in [0, 0.1) is 5.41 Å². The van der Waals surface area contributed by atoms with Crippen LogP contribution in [0.3, 0.4) is 0 Å². The van der Waals surface area contributed by atoms with E-state index in [2.05, 4.69) is 40.2 Å². The average molecular weight is 345 g/mol. The summed E-state index contributed by atoms with van der Waals surface area (Å²) in [7, 11) is 0. The summed E-state index contributed by atoms with van der Waals surface area (Å²) in [6.07, 6.45) is 3.41. The summed E-state index contributed by atoms with van der Waals surface area (Å²) in [5, 5.41) is 7.50. The highest BCUT2D eigenvalue weighted by Crippen LogP contribution is 2.34. The number of fused-ring (bicyclic) bond motifs is 1. The van der Waals surface area contributed by atoms with Crippen LogP contribution >= 0.6 is 15.9 Å². The lowest BCUT2D eigenvalue weighted by molar-refractivity contribution is 0.183. The van der Waals surface area contributed by atoms with Gasteiger partial charge in [0.15, 0.2) is 0 Å². The van der Waals surface area contributed by atoms with Crippen molar-refractivity contribution in [2.45, 2.75) is 25.4 Å². The van der Waals surface area contributed by atoms with Crippen LogP contribution in [0.5, 0.6) is 5.75 Å². The van der Waals surface area contributed by atoms with Gasteiger partial charge in [-0.3, -0.25) is 5.41 Å². The van der Waals surface area contributed by atoms with Crippen LogP contribution in [-0.4, -0.2) is 5.84 Å². The molecule has 0 amide bonds. The summed E-state index contributed by atoms with van der Waals surface area (Å²) in [4.78, 5) is 0. The molecular weight excluding hydrogens is 328 g/mol. The van der Waals surface area contributed by atoms with Crippen molar-refractivity contribution in [1.82, 2.24) is 0 Å². The smallest absolute Gasteiger partial charge is 0.124 e. The van der Waals surface area contributed by atoms with Crippen molar-refractivity contribution in [3.63, 3.8) is 0 Å². The minimum Gasteiger partial charge on any atom is -0.486 e. The van der Waals surface area contributed by atoms with E-state index in [9.17, 15) is 0 Å². The molecule has 1 atom stereocenters. The highest BCUT2D eigenvalue weighted by molar-refractivity contribution is 9.10. The molecule has 2 aromatic rings. The van der Waals surface area contributed by atoms with Gasteiger partial charge in [0.1, 0.15) is 17.7 Å². The van der Waals surface area contributed by atoms with Crippen molar-refractivity contribution in [2.75, 3.05) is 0 Å². The summed E-state index contributed by atoms with van der Waals surface area (Å²) in [6.45, 7) is 0. The van der Waals surface area contributed by atoms with Gasteiger partial charge in [0, 0.05) is 10.0 Å². The number of aryl methyl sites for hydroxylation is 1. The number of hydrogen-bond donors (Lipinski definition) is 2. The summed E-state index contributed by atoms with van der Waals surface area (Å²) in [5.41, 5.74) is 8.88. The molecule has 3 nitrogen and oxygen atoms in total. The summed E-state index contributed by atoms with van der Waals surface area (Å²) in [6, 6.07) is 14.1. The van der Waals surface area contributed by atoms with Gasteiger partial charge in [-0.15, -0.1) is 0 Å². The number of halogens is 1. The maximum Gasteiger partial charge on any atom is 0.124 e. The predicted octanol–water partition coefficient (Wildman–Crippen LogP) is 4.19. The van der Waals surface area contributed by atoms with Crippen molar-refractivity contribution in [3.8, 4) is 5.75 Å². The quantitative estimate of drug-likeness (QED) is 0.647. The molecule has 1 unspecified atom stereocenters. The van der Waals surface area contributed by atoms with Gasteiger partial charge >= 0.3 is 0 Å². The second kappa shape index (κ2) is 5.90. The molecule has 4 heteroatoms. The van der Waals surface area contributed by atoms with Crippen molar-refractivity contribution >= 4 is 21.8 Å². The molecule has 21 heavy (non-hydrogen) atoms. The fourth-order valence-corrected chi connectivity index (χ4v) is 3.36. The summed E-state index contributed by atoms with van der Waals surface area (Å²) in [5.74, 6) is 0.852. The first-order chi connectivity index (χ1) is 10.1. The Bertz CT molecular complexity index is 684. The molecule has 0 aliphatic heterocycles. The Balaban J connectivity index is 1.85. The second-order valence-corrected chi connectivity index (χ2v) is 6.11. The zero-order valence-electron chi connectivity index (χ0n) is 11.6. The number of benzene rings is 2. The average Bonchev–Trinajstić information content (AvgIpc) is 2.47. The number of amidine groups is 1. The zero-order valence-corrected chi connectivity index (χ0v) is 13.2. The third-order valence-corrected chi connectivity index (χ3v) is 4.48. The molecule has 2 aromatic carbocycles. The number of hydrogen-bond acceptors (Lipinski definition) is 2. The molecule has 1 aliphatic rings. The van der Waals surface area contributed by atoms with Crippen molar-refractivity contribution in [3.05, 3.63) is 63.6 Å². The number of nitrogens with two attached hydrogens (primary N) is 1. The first-order valence-corrected chi connectivity index (χ1v) is 7.83. The van der Waals surface area contributed by atoms with Crippen LogP contribution in [0.15, 0.2) is 46.9 Å². The Kier molecular flexibility index (Phi) is 3.97. The van der Waals surface area contributed by atoms with E-state index in [1.165, 1.54) is 11.1 Å². The summed E-state index contributed by atoms with van der Waals surface area (Å²) < 4.78 is 6.94. The molecule has 0 saturated heterocycles. The molecular formula is C17H17BrN2O. The fraction of sp³-hybridized carbons (Fsp3) is 0.235. The van der Waals surface area contributed by atoms with E-state index in [0.717, 1.165) is 29.5 Å². The molecule has 0 heterocycles. The molecule has 0 radical (unpaired) electrons. The Morgan fingerprint density at radius 2 is 2.05 bits per heavy atom. The third kappa shape index (κ3) is 2.95. The van der Waals surface area contributed by atoms with Crippen LogP contribution in [0.4, 0.5) is 0 Å². The standard InChI is InChI=1S/C17H17BrN2O/c18-15-10-12(8-9-14(15)17(19)20)21-16-7-3-5-11-4-1-2-6-13(11)16/h1-2,4,6,8-10,16H,3,5,7H2,(H3,19,20). The maximum atomic E-state index is 7.50. The van der Waals surface area contributed by atoms with E-state index < -0.39 is 0 Å². The first kappa shape index (κ1) is 14.1. The number of nitrogens with one attached hydrogen (secondary N) is 1. The molecule has 108 valence electrons. The molecule has 0 spiro atoms. The van der Waals surface area contributed by atoms with Gasteiger partial charge in [-0.05, 0) is 64.5 Å². The van der Waals surface area contributed by atoms with Gasteiger partial charge in [0.2, 0.25) is 0 Å². The van der Waals surface area contributed by atoms with E-state index in [0.29, 0.717) is 5.56 Å². The minimum absolute atomic E-state index is 0.0523. The highest BCUT2D eigenvalue weighted by Gasteiger charge is 2.21. The van der Waals surface area contributed by atoms with Crippen LogP contribution in [0.25, 0.3) is 0 Å². The lowest BCUT2D eigenvalue weighted by Crippen LogP contribution is -2.15. The predicted molar refractivity (Wildman–Crippen MR) is 87.9 cm³/mol. The van der Waals surface area contributed by atoms with Gasteiger partial charge < -0.3 is 10.5 Å². The zero-order chi connectivity index (χ0) is 14.8. The Labute approximate surface area is 132 Å². The van der Waals surface area contributed by atoms with E-state index in [1.54, 1.807) is 0 Å². The van der Waals surface area contributed by atoms with E-state index in [1.807, 2.05) is 18.2 Å². The fourth-order valence-electron chi connectivity index (χ4n) is 2.78. The largest absolute Gasteiger partial charge is 0.486 e. The maximum absolute atomic E-state index is 7.50. The molecule has 3 rings (SSSR count). The van der Waals surface area contributed by atoms with Crippen LogP contribution in [0.2, 0.25) is 0 Å². The van der Waals surface area contributed by atoms with Crippen LogP contribution in [0.1, 0.15) is 35.6 Å². The van der Waals surface area contributed by atoms with Gasteiger partial charge in [-0.1, -0.05) is 24.3 Å². The number of rotatable bonds is 3. The minimum atomic E-state index is 0.0523. The lowest BCUT2D eigenvalue weighted by Gasteiger charge is -2.26. The monoisotopic (exact) mass is 344 g/mol. The Hall–Kier alpha value is -1.81.